The first kappa shape index (κ1) is 18.6. The van der Waals surface area contributed by atoms with Crippen LogP contribution in [0.3, 0.4) is 0 Å². The van der Waals surface area contributed by atoms with Gasteiger partial charge in [-0.3, -0.25) is 0 Å². The van der Waals surface area contributed by atoms with E-state index in [0.717, 1.165) is 25.9 Å². The van der Waals surface area contributed by atoms with E-state index in [2.05, 4.69) is 0 Å². The number of aliphatic hydroxyl groups is 2. The number of rotatable bonds is 14. The Labute approximate surface area is 118 Å². The first-order valence-electron chi connectivity index (χ1n) is 7.80. The molecule has 3 nitrogen and oxygen atoms in total. The molecule has 0 aliphatic heterocycles. The zero-order chi connectivity index (χ0) is 14.2. The number of ether oxygens (including phenoxy) is 1. The van der Waals surface area contributed by atoms with Gasteiger partial charge in [-0.15, -0.1) is 0 Å². The highest BCUT2D eigenvalue weighted by atomic mass is 16.5. The molecule has 0 rings (SSSR count). The van der Waals surface area contributed by atoms with Gasteiger partial charge in [-0.2, -0.15) is 0 Å². The van der Waals surface area contributed by atoms with Gasteiger partial charge in [-0.25, -0.2) is 0 Å². The van der Waals surface area contributed by atoms with Crippen molar-refractivity contribution in [2.45, 2.75) is 70.8 Å². The van der Waals surface area contributed by atoms with E-state index >= 15 is 0 Å². The lowest BCUT2D eigenvalue weighted by molar-refractivity contribution is 0.0895. The molecule has 0 fully saturated rings. The number of hydrogen-bond acceptors (Lipinski definition) is 3. The fourth-order valence-electron chi connectivity index (χ4n) is 2.10. The smallest absolute Gasteiger partial charge is 0.0720 e. The lowest BCUT2D eigenvalue weighted by Crippen LogP contribution is -2.01. The first-order chi connectivity index (χ1) is 9.31. The van der Waals surface area contributed by atoms with Crippen molar-refractivity contribution < 1.29 is 14.9 Å². The average Bonchev–Trinajstić information content (AvgIpc) is 2.40. The molecular weight excluding hydrogens is 240 g/mol. The third-order valence-electron chi connectivity index (χ3n) is 3.19. The van der Waals surface area contributed by atoms with E-state index in [1.807, 2.05) is 19.1 Å². The van der Waals surface area contributed by atoms with Gasteiger partial charge < -0.3 is 14.9 Å². The van der Waals surface area contributed by atoms with Crippen LogP contribution in [0.4, 0.5) is 0 Å². The lowest BCUT2D eigenvalue weighted by Gasteiger charge is -2.05. The molecule has 1 atom stereocenters. The maximum Gasteiger partial charge on any atom is 0.0720 e. The van der Waals surface area contributed by atoms with Crippen molar-refractivity contribution in [2.75, 3.05) is 19.8 Å². The van der Waals surface area contributed by atoms with Crippen molar-refractivity contribution in [2.24, 2.45) is 0 Å². The summed E-state index contributed by atoms with van der Waals surface area (Å²) >= 11 is 0. The van der Waals surface area contributed by atoms with Crippen molar-refractivity contribution in [3.63, 3.8) is 0 Å². The van der Waals surface area contributed by atoms with Crippen molar-refractivity contribution in [3.8, 4) is 0 Å². The summed E-state index contributed by atoms with van der Waals surface area (Å²) in [6.07, 6.45) is 14.3. The second-order valence-electron chi connectivity index (χ2n) is 5.05. The molecule has 0 aromatic heterocycles. The van der Waals surface area contributed by atoms with Gasteiger partial charge in [0, 0.05) is 6.61 Å². The van der Waals surface area contributed by atoms with Crippen molar-refractivity contribution in [3.05, 3.63) is 12.2 Å². The van der Waals surface area contributed by atoms with E-state index in [-0.39, 0.29) is 12.7 Å². The number of hydrogen-bond donors (Lipinski definition) is 2. The maximum absolute atomic E-state index is 9.50. The zero-order valence-corrected chi connectivity index (χ0v) is 12.5. The molecule has 0 aliphatic rings. The van der Waals surface area contributed by atoms with Crippen LogP contribution in [0.2, 0.25) is 0 Å². The SMILES string of the molecule is CC=CC(O)CCCCCCCCCCOCCO. The largest absolute Gasteiger partial charge is 0.394 e. The molecule has 0 saturated carbocycles. The average molecular weight is 272 g/mol. The minimum Gasteiger partial charge on any atom is -0.394 e. The normalized spacial score (nSPS) is 13.2. The van der Waals surface area contributed by atoms with Crippen LogP contribution in [0, 0.1) is 0 Å². The molecule has 19 heavy (non-hydrogen) atoms. The highest BCUT2D eigenvalue weighted by molar-refractivity contribution is 4.84. The molecule has 2 N–H and O–H groups in total. The Bertz CT molecular complexity index is 192. The highest BCUT2D eigenvalue weighted by Gasteiger charge is 1.98. The van der Waals surface area contributed by atoms with Gasteiger partial charge >= 0.3 is 0 Å². The van der Waals surface area contributed by atoms with Gasteiger partial charge in [-0.05, 0) is 19.8 Å². The molecule has 0 amide bonds. The van der Waals surface area contributed by atoms with Gasteiger partial charge in [0.25, 0.3) is 0 Å². The maximum atomic E-state index is 9.50. The minimum absolute atomic E-state index is 0.128. The van der Waals surface area contributed by atoms with Crippen LogP contribution in [0.15, 0.2) is 12.2 Å². The van der Waals surface area contributed by atoms with Crippen molar-refractivity contribution >= 4 is 0 Å². The summed E-state index contributed by atoms with van der Waals surface area (Å²) in [4.78, 5) is 0. The van der Waals surface area contributed by atoms with Gasteiger partial charge in [0.2, 0.25) is 0 Å². The van der Waals surface area contributed by atoms with E-state index < -0.39 is 0 Å². The van der Waals surface area contributed by atoms with Crippen molar-refractivity contribution in [1.82, 2.24) is 0 Å². The van der Waals surface area contributed by atoms with Crippen LogP contribution in [0.1, 0.15) is 64.7 Å². The second-order valence-corrected chi connectivity index (χ2v) is 5.05. The van der Waals surface area contributed by atoms with E-state index in [4.69, 9.17) is 9.84 Å². The fourth-order valence-corrected chi connectivity index (χ4v) is 2.10. The summed E-state index contributed by atoms with van der Waals surface area (Å²) in [7, 11) is 0. The minimum atomic E-state index is -0.246. The monoisotopic (exact) mass is 272 g/mol. The van der Waals surface area contributed by atoms with Crippen LogP contribution in [0.25, 0.3) is 0 Å². The number of unbranched alkanes of at least 4 members (excludes halogenated alkanes) is 7. The van der Waals surface area contributed by atoms with Gasteiger partial charge in [0.15, 0.2) is 0 Å². The molecule has 0 bridgehead atoms. The Hall–Kier alpha value is -0.380. The molecular formula is C16H32O3. The number of aliphatic hydroxyl groups excluding tert-OH is 2. The molecule has 0 spiro atoms. The van der Waals surface area contributed by atoms with E-state index in [9.17, 15) is 5.11 Å². The van der Waals surface area contributed by atoms with Crippen LogP contribution in [-0.2, 0) is 4.74 Å². The second kappa shape index (κ2) is 15.7. The summed E-state index contributed by atoms with van der Waals surface area (Å²) in [5.41, 5.74) is 0. The fraction of sp³-hybridized carbons (Fsp3) is 0.875. The third-order valence-corrected chi connectivity index (χ3v) is 3.19. The lowest BCUT2D eigenvalue weighted by atomic mass is 10.1. The quantitative estimate of drug-likeness (QED) is 0.376. The summed E-state index contributed by atoms with van der Waals surface area (Å²) in [5.74, 6) is 0. The van der Waals surface area contributed by atoms with Crippen LogP contribution < -0.4 is 0 Å². The van der Waals surface area contributed by atoms with Crippen LogP contribution in [-0.4, -0.2) is 36.1 Å². The molecule has 1 unspecified atom stereocenters. The molecule has 0 heterocycles. The van der Waals surface area contributed by atoms with E-state index in [0.29, 0.717) is 6.61 Å². The zero-order valence-electron chi connectivity index (χ0n) is 12.5. The van der Waals surface area contributed by atoms with E-state index in [1.54, 1.807) is 0 Å². The Morgan fingerprint density at radius 1 is 0.895 bits per heavy atom. The Morgan fingerprint density at radius 2 is 1.47 bits per heavy atom. The summed E-state index contributed by atoms with van der Waals surface area (Å²) in [6.45, 7) is 3.32. The topological polar surface area (TPSA) is 49.7 Å². The highest BCUT2D eigenvalue weighted by Crippen LogP contribution is 2.11. The Morgan fingerprint density at radius 3 is 2.05 bits per heavy atom. The van der Waals surface area contributed by atoms with Gasteiger partial charge in [0.05, 0.1) is 19.3 Å². The summed E-state index contributed by atoms with van der Waals surface area (Å²) in [5, 5.41) is 18.0. The third kappa shape index (κ3) is 15.6. The Kier molecular flexibility index (Phi) is 15.4. The van der Waals surface area contributed by atoms with Crippen LogP contribution in [0.5, 0.6) is 0 Å². The van der Waals surface area contributed by atoms with Gasteiger partial charge in [0.1, 0.15) is 0 Å². The molecule has 0 saturated heterocycles. The molecule has 3 heteroatoms. The van der Waals surface area contributed by atoms with Crippen molar-refractivity contribution in [1.29, 1.82) is 0 Å². The molecule has 114 valence electrons. The number of allylic oxidation sites excluding steroid dienone is 1. The molecule has 0 aromatic carbocycles. The first-order valence-corrected chi connectivity index (χ1v) is 7.80. The van der Waals surface area contributed by atoms with Gasteiger partial charge in [-0.1, -0.05) is 57.1 Å². The molecule has 0 radical (unpaired) electrons. The predicted octanol–water partition coefficient (Wildman–Crippen LogP) is 3.44. The predicted molar refractivity (Wildman–Crippen MR) is 80.3 cm³/mol. The Balaban J connectivity index is 3.03. The molecule has 0 aliphatic carbocycles. The molecule has 0 aromatic rings. The van der Waals surface area contributed by atoms with E-state index in [1.165, 1.54) is 38.5 Å². The summed E-state index contributed by atoms with van der Waals surface area (Å²) < 4.78 is 5.21. The summed E-state index contributed by atoms with van der Waals surface area (Å²) in [6, 6.07) is 0. The standard InChI is InChI=1S/C16H32O3/c1-2-11-16(18)12-9-7-5-3-4-6-8-10-14-19-15-13-17/h2,11,16-18H,3-10,12-15H2,1H3. The van der Waals surface area contributed by atoms with Crippen LogP contribution >= 0.6 is 0 Å².